The Balaban J connectivity index is 1.97. The van der Waals surface area contributed by atoms with Gasteiger partial charge in [-0.1, -0.05) is 27.2 Å². The molecule has 2 fully saturated rings. The summed E-state index contributed by atoms with van der Waals surface area (Å²) in [6.07, 6.45) is 4.07. The summed E-state index contributed by atoms with van der Waals surface area (Å²) < 4.78 is 0. The Bertz CT molecular complexity index is 385. The fourth-order valence-corrected chi connectivity index (χ4v) is 3.82. The summed E-state index contributed by atoms with van der Waals surface area (Å²) in [5.74, 6) is 0.291. The average molecular weight is 282 g/mol. The smallest absolute Gasteiger partial charge is 0.326 e. The number of carboxylic acid groups (broad SMARTS) is 1. The first-order valence-corrected chi connectivity index (χ1v) is 7.75. The maximum Gasteiger partial charge on any atom is 0.326 e. The highest BCUT2D eigenvalue weighted by molar-refractivity contribution is 5.83. The highest BCUT2D eigenvalue weighted by Gasteiger charge is 2.41. The number of hydrogen-bond donors (Lipinski definition) is 2. The van der Waals surface area contributed by atoms with Gasteiger partial charge in [-0.25, -0.2) is 9.59 Å². The van der Waals surface area contributed by atoms with Gasteiger partial charge in [0.15, 0.2) is 0 Å². The number of hydrogen-bond acceptors (Lipinski definition) is 2. The van der Waals surface area contributed by atoms with Gasteiger partial charge in [0, 0.05) is 12.6 Å². The topological polar surface area (TPSA) is 69.6 Å². The number of rotatable bonds is 3. The highest BCUT2D eigenvalue weighted by atomic mass is 16.4. The standard InChI is InChI=1S/C15H26N2O3/c1-4-11-5-6-12(10(11)3)16-15(20)17-8-7-9(2)13(17)14(18)19/h9-13H,4-8H2,1-3H3,(H,16,20)(H,18,19). The minimum absolute atomic E-state index is 0.0302. The first kappa shape index (κ1) is 15.1. The minimum Gasteiger partial charge on any atom is -0.480 e. The van der Waals surface area contributed by atoms with E-state index in [0.29, 0.717) is 18.4 Å². The van der Waals surface area contributed by atoms with E-state index in [1.807, 2.05) is 6.92 Å². The Hall–Kier alpha value is -1.26. The third kappa shape index (κ3) is 2.76. The molecule has 5 heteroatoms. The van der Waals surface area contributed by atoms with Crippen molar-refractivity contribution in [3.63, 3.8) is 0 Å². The lowest BCUT2D eigenvalue weighted by atomic mass is 9.93. The van der Waals surface area contributed by atoms with Crippen molar-refractivity contribution in [2.24, 2.45) is 17.8 Å². The first-order valence-electron chi connectivity index (χ1n) is 7.75. The second-order valence-electron chi connectivity index (χ2n) is 6.40. The molecule has 0 aromatic rings. The number of urea groups is 1. The Labute approximate surface area is 120 Å². The zero-order chi connectivity index (χ0) is 14.9. The zero-order valence-corrected chi connectivity index (χ0v) is 12.6. The number of carbonyl (C=O) groups excluding carboxylic acids is 1. The molecule has 114 valence electrons. The minimum atomic E-state index is -0.893. The fraction of sp³-hybridized carbons (Fsp3) is 0.867. The van der Waals surface area contributed by atoms with E-state index in [9.17, 15) is 14.7 Å². The van der Waals surface area contributed by atoms with E-state index in [4.69, 9.17) is 0 Å². The van der Waals surface area contributed by atoms with Gasteiger partial charge in [-0.05, 0) is 37.0 Å². The molecule has 0 aromatic carbocycles. The Kier molecular flexibility index (Phi) is 4.55. The van der Waals surface area contributed by atoms with Crippen LogP contribution < -0.4 is 5.32 Å². The molecule has 0 aromatic heterocycles. The molecule has 20 heavy (non-hydrogen) atoms. The van der Waals surface area contributed by atoms with Crippen molar-refractivity contribution in [2.45, 2.75) is 58.5 Å². The largest absolute Gasteiger partial charge is 0.480 e. The molecule has 1 aliphatic carbocycles. The molecule has 2 aliphatic rings. The number of carboxylic acids is 1. The van der Waals surface area contributed by atoms with Crippen molar-refractivity contribution in [1.29, 1.82) is 0 Å². The van der Waals surface area contributed by atoms with Gasteiger partial charge in [-0.2, -0.15) is 0 Å². The van der Waals surface area contributed by atoms with Gasteiger partial charge in [0.1, 0.15) is 6.04 Å². The monoisotopic (exact) mass is 282 g/mol. The van der Waals surface area contributed by atoms with Crippen LogP contribution in [-0.2, 0) is 4.79 Å². The van der Waals surface area contributed by atoms with Crippen molar-refractivity contribution >= 4 is 12.0 Å². The summed E-state index contributed by atoms with van der Waals surface area (Å²) in [7, 11) is 0. The molecule has 2 amide bonds. The lowest BCUT2D eigenvalue weighted by Crippen LogP contribution is -2.51. The Morgan fingerprint density at radius 1 is 1.25 bits per heavy atom. The lowest BCUT2D eigenvalue weighted by Gasteiger charge is -2.27. The van der Waals surface area contributed by atoms with E-state index >= 15 is 0 Å². The van der Waals surface area contributed by atoms with Crippen LogP contribution >= 0.6 is 0 Å². The van der Waals surface area contributed by atoms with Gasteiger partial charge in [0.2, 0.25) is 0 Å². The first-order chi connectivity index (χ1) is 9.45. The van der Waals surface area contributed by atoms with Gasteiger partial charge in [-0.15, -0.1) is 0 Å². The van der Waals surface area contributed by atoms with Crippen molar-refractivity contribution in [2.75, 3.05) is 6.54 Å². The van der Waals surface area contributed by atoms with Crippen LogP contribution in [0.2, 0.25) is 0 Å². The zero-order valence-electron chi connectivity index (χ0n) is 12.6. The van der Waals surface area contributed by atoms with E-state index in [2.05, 4.69) is 19.2 Å². The normalized spacial score (nSPS) is 37.1. The van der Waals surface area contributed by atoms with Gasteiger partial charge in [-0.3, -0.25) is 0 Å². The van der Waals surface area contributed by atoms with Crippen LogP contribution in [0, 0.1) is 17.8 Å². The molecule has 1 aliphatic heterocycles. The number of nitrogens with one attached hydrogen (secondary N) is 1. The van der Waals surface area contributed by atoms with E-state index in [1.165, 1.54) is 4.90 Å². The molecule has 1 heterocycles. The number of amides is 2. The number of aliphatic carboxylic acids is 1. The van der Waals surface area contributed by atoms with Crippen molar-refractivity contribution in [3.05, 3.63) is 0 Å². The van der Waals surface area contributed by atoms with Crippen LogP contribution in [0.25, 0.3) is 0 Å². The van der Waals surface area contributed by atoms with E-state index < -0.39 is 12.0 Å². The summed E-state index contributed by atoms with van der Waals surface area (Å²) >= 11 is 0. The predicted octanol–water partition coefficient (Wildman–Crippen LogP) is 2.32. The third-order valence-electron chi connectivity index (χ3n) is 5.27. The van der Waals surface area contributed by atoms with Crippen LogP contribution in [-0.4, -0.2) is 40.6 Å². The van der Waals surface area contributed by atoms with E-state index in [1.54, 1.807) is 0 Å². The van der Waals surface area contributed by atoms with Crippen LogP contribution in [0.3, 0.4) is 0 Å². The van der Waals surface area contributed by atoms with Crippen molar-refractivity contribution < 1.29 is 14.7 Å². The van der Waals surface area contributed by atoms with E-state index in [-0.39, 0.29) is 18.0 Å². The second-order valence-corrected chi connectivity index (χ2v) is 6.40. The average Bonchev–Trinajstić information content (AvgIpc) is 2.94. The molecule has 0 radical (unpaired) electrons. The maximum absolute atomic E-state index is 12.4. The maximum atomic E-state index is 12.4. The molecule has 0 bridgehead atoms. The number of likely N-dealkylation sites (tertiary alicyclic amines) is 1. The molecule has 2 rings (SSSR count). The van der Waals surface area contributed by atoms with Crippen LogP contribution in [0.4, 0.5) is 4.79 Å². The second kappa shape index (κ2) is 6.02. The van der Waals surface area contributed by atoms with Gasteiger partial charge in [0.25, 0.3) is 0 Å². The van der Waals surface area contributed by atoms with Crippen molar-refractivity contribution in [3.8, 4) is 0 Å². The van der Waals surface area contributed by atoms with Crippen molar-refractivity contribution in [1.82, 2.24) is 10.2 Å². The Morgan fingerprint density at radius 2 is 1.95 bits per heavy atom. The predicted molar refractivity (Wildman–Crippen MR) is 76.4 cm³/mol. The summed E-state index contributed by atoms with van der Waals surface area (Å²) in [4.78, 5) is 25.2. The molecule has 5 nitrogen and oxygen atoms in total. The molecule has 0 spiro atoms. The molecule has 2 N–H and O–H groups in total. The lowest BCUT2D eigenvalue weighted by molar-refractivity contribution is -0.142. The number of nitrogens with zero attached hydrogens (tertiary/aromatic N) is 1. The Morgan fingerprint density at radius 3 is 2.50 bits per heavy atom. The molecule has 5 unspecified atom stereocenters. The number of carbonyl (C=O) groups is 2. The van der Waals surface area contributed by atoms with Crippen LogP contribution in [0.15, 0.2) is 0 Å². The molecule has 1 saturated carbocycles. The third-order valence-corrected chi connectivity index (χ3v) is 5.27. The quantitative estimate of drug-likeness (QED) is 0.834. The summed E-state index contributed by atoms with van der Waals surface area (Å²) in [6.45, 7) is 6.82. The van der Waals surface area contributed by atoms with Gasteiger partial charge in [0.05, 0.1) is 0 Å². The molecular formula is C15H26N2O3. The van der Waals surface area contributed by atoms with Gasteiger partial charge < -0.3 is 15.3 Å². The van der Waals surface area contributed by atoms with E-state index in [0.717, 1.165) is 25.7 Å². The molecule has 1 saturated heterocycles. The molecular weight excluding hydrogens is 256 g/mol. The SMILES string of the molecule is CCC1CCC(NC(=O)N2CCC(C)C2C(=O)O)C1C. The molecule has 5 atom stereocenters. The van der Waals surface area contributed by atoms with Crippen LogP contribution in [0.5, 0.6) is 0 Å². The van der Waals surface area contributed by atoms with Crippen LogP contribution in [0.1, 0.15) is 46.5 Å². The summed E-state index contributed by atoms with van der Waals surface area (Å²) in [5, 5.41) is 12.3. The summed E-state index contributed by atoms with van der Waals surface area (Å²) in [6, 6.07) is -0.679. The van der Waals surface area contributed by atoms with Gasteiger partial charge >= 0.3 is 12.0 Å². The fourth-order valence-electron chi connectivity index (χ4n) is 3.82. The highest BCUT2D eigenvalue weighted by Crippen LogP contribution is 2.34. The summed E-state index contributed by atoms with van der Waals surface area (Å²) in [5.41, 5.74) is 0.